The van der Waals surface area contributed by atoms with E-state index in [1.807, 2.05) is 32.9 Å². The molecule has 1 atom stereocenters. The fourth-order valence-electron chi connectivity index (χ4n) is 4.02. The Bertz CT molecular complexity index is 1030. The summed E-state index contributed by atoms with van der Waals surface area (Å²) in [7, 11) is -3.84. The zero-order valence-corrected chi connectivity index (χ0v) is 20.6. The van der Waals surface area contributed by atoms with Gasteiger partial charge in [0, 0.05) is 29.9 Å². The van der Waals surface area contributed by atoms with Gasteiger partial charge in [0.05, 0.1) is 6.61 Å². The highest BCUT2D eigenvalue weighted by Gasteiger charge is 2.37. The van der Waals surface area contributed by atoms with Crippen molar-refractivity contribution in [1.82, 2.24) is 14.7 Å². The van der Waals surface area contributed by atoms with Gasteiger partial charge < -0.3 is 14.4 Å². The van der Waals surface area contributed by atoms with Gasteiger partial charge in [0.2, 0.25) is 5.88 Å². The van der Waals surface area contributed by atoms with Crippen molar-refractivity contribution in [2.45, 2.75) is 70.7 Å². The number of sulfonamides is 1. The smallest absolute Gasteiger partial charge is 0.260 e. The summed E-state index contributed by atoms with van der Waals surface area (Å²) in [6.45, 7) is 13.3. The van der Waals surface area contributed by atoms with Gasteiger partial charge in [-0.2, -0.15) is 4.72 Å². The molecule has 0 saturated carbocycles. The molecule has 0 bridgehead atoms. The van der Waals surface area contributed by atoms with Crippen LogP contribution >= 0.6 is 0 Å². The SMILES string of the molecule is CC1CN(c2ncccc2COCNS(=O)(=O)c2cccc(OC(C)(C)C)n2)C(C)(C)C1. The van der Waals surface area contributed by atoms with Crippen LogP contribution in [0.15, 0.2) is 41.6 Å². The van der Waals surface area contributed by atoms with Gasteiger partial charge in [0.1, 0.15) is 18.1 Å². The Morgan fingerprint density at radius 2 is 1.97 bits per heavy atom. The maximum atomic E-state index is 12.6. The van der Waals surface area contributed by atoms with Crippen molar-refractivity contribution in [3.05, 3.63) is 42.1 Å². The Kier molecular flexibility index (Phi) is 7.12. The third kappa shape index (κ3) is 6.17. The van der Waals surface area contributed by atoms with Crippen LogP contribution in [-0.2, 0) is 21.4 Å². The second-order valence-electron chi connectivity index (χ2n) is 9.89. The zero-order valence-electron chi connectivity index (χ0n) is 19.8. The first-order chi connectivity index (χ1) is 14.9. The van der Waals surface area contributed by atoms with Crippen molar-refractivity contribution >= 4 is 15.8 Å². The largest absolute Gasteiger partial charge is 0.472 e. The molecule has 1 N–H and O–H groups in total. The molecule has 1 aliphatic heterocycles. The summed E-state index contributed by atoms with van der Waals surface area (Å²) >= 11 is 0. The van der Waals surface area contributed by atoms with E-state index in [2.05, 4.69) is 40.4 Å². The van der Waals surface area contributed by atoms with Crippen LogP contribution in [0.2, 0.25) is 0 Å². The molecule has 9 heteroatoms. The number of rotatable bonds is 8. The molecule has 176 valence electrons. The van der Waals surface area contributed by atoms with E-state index in [0.29, 0.717) is 5.92 Å². The van der Waals surface area contributed by atoms with Gasteiger partial charge in [-0.25, -0.2) is 18.4 Å². The monoisotopic (exact) mass is 462 g/mol. The van der Waals surface area contributed by atoms with Crippen molar-refractivity contribution in [2.75, 3.05) is 18.2 Å². The lowest BCUT2D eigenvalue weighted by molar-refractivity contribution is 0.117. The molecule has 3 rings (SSSR count). The van der Waals surface area contributed by atoms with Crippen LogP contribution in [0, 0.1) is 5.92 Å². The molecule has 0 amide bonds. The summed E-state index contributed by atoms with van der Waals surface area (Å²) in [6.07, 6.45) is 2.87. The average Bonchev–Trinajstić information content (AvgIpc) is 2.96. The zero-order chi connectivity index (χ0) is 23.6. The van der Waals surface area contributed by atoms with E-state index in [1.54, 1.807) is 18.3 Å². The molecule has 0 radical (unpaired) electrons. The first kappa shape index (κ1) is 24.4. The normalized spacial score (nSPS) is 18.7. The highest BCUT2D eigenvalue weighted by molar-refractivity contribution is 7.89. The molecule has 8 nitrogen and oxygen atoms in total. The second-order valence-corrected chi connectivity index (χ2v) is 11.6. The average molecular weight is 463 g/mol. The first-order valence-electron chi connectivity index (χ1n) is 10.8. The van der Waals surface area contributed by atoms with Crippen LogP contribution in [-0.4, -0.2) is 42.8 Å². The fraction of sp³-hybridized carbons (Fsp3) is 0.565. The van der Waals surface area contributed by atoms with Gasteiger partial charge >= 0.3 is 0 Å². The number of nitrogens with zero attached hydrogens (tertiary/aromatic N) is 3. The molecule has 2 aromatic rings. The van der Waals surface area contributed by atoms with E-state index in [4.69, 9.17) is 9.47 Å². The summed E-state index contributed by atoms with van der Waals surface area (Å²) in [6, 6.07) is 8.48. The summed E-state index contributed by atoms with van der Waals surface area (Å²) in [4.78, 5) is 11.0. The molecular weight excluding hydrogens is 428 g/mol. The highest BCUT2D eigenvalue weighted by Crippen LogP contribution is 2.37. The van der Waals surface area contributed by atoms with E-state index >= 15 is 0 Å². The summed E-state index contributed by atoms with van der Waals surface area (Å²) in [5.74, 6) is 1.72. The van der Waals surface area contributed by atoms with Crippen LogP contribution in [0.1, 0.15) is 53.5 Å². The maximum absolute atomic E-state index is 12.6. The lowest BCUT2D eigenvalue weighted by Crippen LogP contribution is -2.39. The van der Waals surface area contributed by atoms with Crippen LogP contribution in [0.5, 0.6) is 5.88 Å². The summed E-state index contributed by atoms with van der Waals surface area (Å²) < 4.78 is 39.0. The van der Waals surface area contributed by atoms with Crippen LogP contribution in [0.25, 0.3) is 0 Å². The molecule has 32 heavy (non-hydrogen) atoms. The van der Waals surface area contributed by atoms with E-state index in [1.165, 1.54) is 6.07 Å². The lowest BCUT2D eigenvalue weighted by Gasteiger charge is -2.33. The summed E-state index contributed by atoms with van der Waals surface area (Å²) in [5, 5.41) is -0.113. The first-order valence-corrected chi connectivity index (χ1v) is 12.3. The molecule has 2 aromatic heterocycles. The van der Waals surface area contributed by atoms with E-state index < -0.39 is 15.6 Å². The molecule has 1 unspecified atom stereocenters. The second kappa shape index (κ2) is 9.33. The molecule has 0 aromatic carbocycles. The van der Waals surface area contributed by atoms with Gasteiger partial charge in [0.15, 0.2) is 5.03 Å². The minimum atomic E-state index is -3.84. The van der Waals surface area contributed by atoms with Crippen molar-refractivity contribution in [3.63, 3.8) is 0 Å². The van der Waals surface area contributed by atoms with Crippen molar-refractivity contribution < 1.29 is 17.9 Å². The van der Waals surface area contributed by atoms with Gasteiger partial charge in [0.25, 0.3) is 10.0 Å². The third-order valence-electron chi connectivity index (χ3n) is 5.19. The standard InChI is InChI=1S/C23H34N4O4S/c1-17-13-23(5,6)27(14-17)21-18(9-8-12-24-21)15-30-16-25-32(28,29)20-11-7-10-19(26-20)31-22(2,3)4/h7-12,17,25H,13-16H2,1-6H3. The lowest BCUT2D eigenvalue weighted by atomic mass is 9.97. The molecule has 1 saturated heterocycles. The fourth-order valence-corrected chi connectivity index (χ4v) is 4.87. The Labute approximate surface area is 191 Å². The molecule has 1 fully saturated rings. The third-order valence-corrected chi connectivity index (χ3v) is 6.46. The van der Waals surface area contributed by atoms with Crippen molar-refractivity contribution in [1.29, 1.82) is 0 Å². The number of nitrogens with one attached hydrogen (secondary N) is 1. The highest BCUT2D eigenvalue weighted by atomic mass is 32.2. The minimum Gasteiger partial charge on any atom is -0.472 e. The molecule has 0 spiro atoms. The van der Waals surface area contributed by atoms with Gasteiger partial charge in [-0.05, 0) is 59.1 Å². The van der Waals surface area contributed by atoms with Crippen LogP contribution < -0.4 is 14.4 Å². The number of pyridine rings is 2. The predicted molar refractivity (Wildman–Crippen MR) is 124 cm³/mol. The molecule has 3 heterocycles. The van der Waals surface area contributed by atoms with E-state index in [0.717, 1.165) is 24.3 Å². The Morgan fingerprint density at radius 3 is 2.62 bits per heavy atom. The minimum absolute atomic E-state index is 0.00984. The number of hydrogen-bond donors (Lipinski definition) is 1. The number of hydrogen-bond acceptors (Lipinski definition) is 7. The van der Waals surface area contributed by atoms with Gasteiger partial charge in [-0.15, -0.1) is 0 Å². The number of aromatic nitrogens is 2. The number of ether oxygens (including phenoxy) is 2. The van der Waals surface area contributed by atoms with Crippen molar-refractivity contribution in [3.8, 4) is 5.88 Å². The Morgan fingerprint density at radius 1 is 1.22 bits per heavy atom. The number of anilines is 1. The molecular formula is C23H34N4O4S. The predicted octanol–water partition coefficient (Wildman–Crippen LogP) is 3.73. The van der Waals surface area contributed by atoms with Gasteiger partial charge in [-0.1, -0.05) is 19.1 Å². The van der Waals surface area contributed by atoms with Gasteiger partial charge in [-0.3, -0.25) is 0 Å². The molecule has 0 aliphatic carbocycles. The maximum Gasteiger partial charge on any atom is 0.260 e. The van der Waals surface area contributed by atoms with Crippen LogP contribution in [0.4, 0.5) is 5.82 Å². The topological polar surface area (TPSA) is 93.7 Å². The summed E-state index contributed by atoms with van der Waals surface area (Å²) in [5.41, 5.74) is 0.456. The van der Waals surface area contributed by atoms with E-state index in [9.17, 15) is 8.42 Å². The Balaban J connectivity index is 1.62. The quantitative estimate of drug-likeness (QED) is 0.472. The Hall–Kier alpha value is -2.23. The van der Waals surface area contributed by atoms with Crippen LogP contribution in [0.3, 0.4) is 0 Å². The molecule has 1 aliphatic rings. The van der Waals surface area contributed by atoms with Crippen molar-refractivity contribution in [2.24, 2.45) is 5.92 Å². The van der Waals surface area contributed by atoms with E-state index in [-0.39, 0.29) is 29.8 Å².